The van der Waals surface area contributed by atoms with Crippen molar-refractivity contribution in [3.63, 3.8) is 0 Å². The molecule has 2 rings (SSSR count). The smallest absolute Gasteiger partial charge is 0.184 e. The van der Waals surface area contributed by atoms with E-state index < -0.39 is 0 Å². The van der Waals surface area contributed by atoms with Crippen LogP contribution in [0.25, 0.3) is 11.4 Å². The van der Waals surface area contributed by atoms with Crippen LogP contribution in [0.1, 0.15) is 45.2 Å². The van der Waals surface area contributed by atoms with Crippen molar-refractivity contribution >= 4 is 5.69 Å². The second kappa shape index (κ2) is 6.03. The minimum absolute atomic E-state index is 0.258. The highest BCUT2D eigenvalue weighted by atomic mass is 15.5. The van der Waals surface area contributed by atoms with Crippen LogP contribution in [0.5, 0.6) is 0 Å². The molecule has 1 unspecified atom stereocenters. The molecule has 0 spiro atoms. The number of benzene rings is 1. The summed E-state index contributed by atoms with van der Waals surface area (Å²) in [4.78, 5) is 0. The van der Waals surface area contributed by atoms with Gasteiger partial charge in [-0.15, -0.1) is 5.10 Å². The van der Waals surface area contributed by atoms with Crippen LogP contribution in [-0.2, 0) is 0 Å². The van der Waals surface area contributed by atoms with Gasteiger partial charge in [-0.3, -0.25) is 0 Å². The summed E-state index contributed by atoms with van der Waals surface area (Å²) >= 11 is 0. The highest BCUT2D eigenvalue weighted by Crippen LogP contribution is 2.31. The van der Waals surface area contributed by atoms with Crippen LogP contribution in [0.2, 0.25) is 0 Å². The van der Waals surface area contributed by atoms with Gasteiger partial charge in [0.15, 0.2) is 5.82 Å². The first-order valence-electron chi connectivity index (χ1n) is 7.23. The summed E-state index contributed by atoms with van der Waals surface area (Å²) in [5, 5.41) is 12.3. The number of nitrogens with zero attached hydrogens (tertiary/aromatic N) is 4. The van der Waals surface area contributed by atoms with E-state index in [9.17, 15) is 0 Å². The van der Waals surface area contributed by atoms with Gasteiger partial charge in [-0.2, -0.15) is 0 Å². The number of nitrogens with two attached hydrogens (primary N) is 1. The third kappa shape index (κ3) is 2.53. The topological polar surface area (TPSA) is 69.6 Å². The zero-order valence-electron chi connectivity index (χ0n) is 12.7. The van der Waals surface area contributed by atoms with Crippen molar-refractivity contribution in [2.45, 2.75) is 46.6 Å². The lowest BCUT2D eigenvalue weighted by atomic mass is 9.95. The van der Waals surface area contributed by atoms with Gasteiger partial charge in [-0.25, -0.2) is 4.68 Å². The van der Waals surface area contributed by atoms with Crippen LogP contribution >= 0.6 is 0 Å². The van der Waals surface area contributed by atoms with Crippen molar-refractivity contribution < 1.29 is 0 Å². The molecule has 0 aliphatic rings. The van der Waals surface area contributed by atoms with Crippen LogP contribution in [0, 0.1) is 12.8 Å². The van der Waals surface area contributed by atoms with Gasteiger partial charge < -0.3 is 5.73 Å². The molecular weight excluding hydrogens is 250 g/mol. The van der Waals surface area contributed by atoms with Crippen LogP contribution in [0.3, 0.4) is 0 Å². The SMILES string of the molecule is CCC(CC)C(C)n1nnnc1-c1c(C)cccc1N. The van der Waals surface area contributed by atoms with Crippen LogP contribution in [-0.4, -0.2) is 20.2 Å². The van der Waals surface area contributed by atoms with Gasteiger partial charge in [0.1, 0.15) is 0 Å². The minimum Gasteiger partial charge on any atom is -0.398 e. The molecule has 2 N–H and O–H groups in total. The van der Waals surface area contributed by atoms with E-state index in [0.29, 0.717) is 5.92 Å². The number of rotatable bonds is 5. The summed E-state index contributed by atoms with van der Waals surface area (Å²) in [6.45, 7) is 8.62. The molecule has 20 heavy (non-hydrogen) atoms. The molecule has 108 valence electrons. The lowest BCUT2D eigenvalue weighted by Crippen LogP contribution is -2.18. The average molecular weight is 273 g/mol. The van der Waals surface area contributed by atoms with Crippen molar-refractivity contribution in [2.24, 2.45) is 5.92 Å². The van der Waals surface area contributed by atoms with E-state index in [1.165, 1.54) is 0 Å². The van der Waals surface area contributed by atoms with Gasteiger partial charge >= 0.3 is 0 Å². The van der Waals surface area contributed by atoms with Crippen molar-refractivity contribution in [1.82, 2.24) is 20.2 Å². The molecule has 1 atom stereocenters. The fourth-order valence-electron chi connectivity index (χ4n) is 2.80. The highest BCUT2D eigenvalue weighted by Gasteiger charge is 2.22. The summed E-state index contributed by atoms with van der Waals surface area (Å²) in [6.07, 6.45) is 2.22. The molecule has 1 aromatic heterocycles. The molecule has 1 heterocycles. The fraction of sp³-hybridized carbons (Fsp3) is 0.533. The molecule has 0 aliphatic heterocycles. The molecule has 5 heteroatoms. The number of tetrazole rings is 1. The number of aromatic nitrogens is 4. The quantitative estimate of drug-likeness (QED) is 0.849. The first kappa shape index (κ1) is 14.5. The van der Waals surface area contributed by atoms with Crippen molar-refractivity contribution in [3.8, 4) is 11.4 Å². The maximum atomic E-state index is 6.11. The van der Waals surface area contributed by atoms with Gasteiger partial charge in [0, 0.05) is 11.3 Å². The lowest BCUT2D eigenvalue weighted by Gasteiger charge is -2.22. The summed E-state index contributed by atoms with van der Waals surface area (Å²) in [7, 11) is 0. The van der Waals surface area contributed by atoms with Crippen molar-refractivity contribution in [2.75, 3.05) is 5.73 Å². The maximum Gasteiger partial charge on any atom is 0.184 e. The molecule has 0 amide bonds. The van der Waals surface area contributed by atoms with Crippen LogP contribution in [0.4, 0.5) is 5.69 Å². The van der Waals surface area contributed by atoms with E-state index >= 15 is 0 Å². The minimum atomic E-state index is 0.258. The molecule has 0 bridgehead atoms. The standard InChI is InChI=1S/C15H23N5/c1-5-12(6-2)11(4)20-15(17-18-19-20)14-10(3)8-7-9-13(14)16/h7-9,11-12H,5-6,16H2,1-4H3. The zero-order chi connectivity index (χ0) is 14.7. The Balaban J connectivity index is 2.48. The molecule has 5 nitrogen and oxygen atoms in total. The highest BCUT2D eigenvalue weighted by molar-refractivity contribution is 5.74. The number of hydrogen-bond acceptors (Lipinski definition) is 4. The molecule has 0 radical (unpaired) electrons. The zero-order valence-corrected chi connectivity index (χ0v) is 12.7. The fourth-order valence-corrected chi connectivity index (χ4v) is 2.80. The third-order valence-electron chi connectivity index (χ3n) is 4.14. The molecule has 0 saturated carbocycles. The Labute approximate surface area is 120 Å². The predicted octanol–water partition coefficient (Wildman–Crippen LogP) is 3.23. The van der Waals surface area contributed by atoms with Crippen LogP contribution < -0.4 is 5.73 Å². The lowest BCUT2D eigenvalue weighted by molar-refractivity contribution is 0.309. The van der Waals surface area contributed by atoms with Gasteiger partial charge in [-0.05, 0) is 41.8 Å². The van der Waals surface area contributed by atoms with E-state index in [0.717, 1.165) is 35.5 Å². The van der Waals surface area contributed by atoms with Crippen molar-refractivity contribution in [1.29, 1.82) is 0 Å². The largest absolute Gasteiger partial charge is 0.398 e. The second-order valence-corrected chi connectivity index (χ2v) is 5.30. The summed E-state index contributed by atoms with van der Waals surface area (Å²) < 4.78 is 1.91. The first-order valence-corrected chi connectivity index (χ1v) is 7.23. The summed E-state index contributed by atoms with van der Waals surface area (Å²) in [6, 6.07) is 6.14. The summed E-state index contributed by atoms with van der Waals surface area (Å²) in [5.41, 5.74) is 8.87. The van der Waals surface area contributed by atoms with E-state index in [1.807, 2.05) is 29.8 Å². The summed E-state index contributed by atoms with van der Waals surface area (Å²) in [5.74, 6) is 1.32. The third-order valence-corrected chi connectivity index (χ3v) is 4.14. The Morgan fingerprint density at radius 3 is 2.55 bits per heavy atom. The maximum absolute atomic E-state index is 6.11. The molecule has 1 aromatic carbocycles. The molecule has 0 saturated heterocycles. The van der Waals surface area contributed by atoms with E-state index in [1.54, 1.807) is 0 Å². The molecule has 0 aliphatic carbocycles. The normalized spacial score (nSPS) is 12.8. The van der Waals surface area contributed by atoms with Gasteiger partial charge in [0.05, 0.1) is 6.04 Å². The van der Waals surface area contributed by atoms with Crippen molar-refractivity contribution in [3.05, 3.63) is 23.8 Å². The van der Waals surface area contributed by atoms with Gasteiger partial charge in [0.2, 0.25) is 0 Å². The average Bonchev–Trinajstić information content (AvgIpc) is 2.89. The number of aryl methyl sites for hydroxylation is 1. The first-order chi connectivity index (χ1) is 9.60. The molecular formula is C15H23N5. The Morgan fingerprint density at radius 2 is 1.95 bits per heavy atom. The van der Waals surface area contributed by atoms with Gasteiger partial charge in [0.25, 0.3) is 0 Å². The Kier molecular flexibility index (Phi) is 4.37. The number of anilines is 1. The molecule has 0 fully saturated rings. The van der Waals surface area contributed by atoms with Gasteiger partial charge in [-0.1, -0.05) is 38.8 Å². The second-order valence-electron chi connectivity index (χ2n) is 5.30. The molecule has 2 aromatic rings. The van der Waals surface area contributed by atoms with E-state index in [-0.39, 0.29) is 6.04 Å². The Morgan fingerprint density at radius 1 is 1.25 bits per heavy atom. The predicted molar refractivity (Wildman–Crippen MR) is 81.2 cm³/mol. The van der Waals surface area contributed by atoms with Crippen LogP contribution in [0.15, 0.2) is 18.2 Å². The Hall–Kier alpha value is -1.91. The van der Waals surface area contributed by atoms with E-state index in [4.69, 9.17) is 5.73 Å². The number of hydrogen-bond donors (Lipinski definition) is 1. The monoisotopic (exact) mass is 273 g/mol. The number of nitrogen functional groups attached to an aromatic ring is 1. The Bertz CT molecular complexity index is 551. The van der Waals surface area contributed by atoms with E-state index in [2.05, 4.69) is 36.3 Å².